The SMILES string of the molecule is O=c1[nH]c(-c2ccc(Cl)cc2[N+](=O)[O-])no1. The first-order chi connectivity index (χ1) is 7.58. The molecular formula is C8H4ClN3O4. The Morgan fingerprint density at radius 3 is 2.81 bits per heavy atom. The Labute approximate surface area is 92.8 Å². The minimum atomic E-state index is -0.778. The van der Waals surface area contributed by atoms with E-state index in [1.165, 1.54) is 18.2 Å². The highest BCUT2D eigenvalue weighted by Crippen LogP contribution is 2.29. The summed E-state index contributed by atoms with van der Waals surface area (Å²) in [6.45, 7) is 0. The summed E-state index contributed by atoms with van der Waals surface area (Å²) in [7, 11) is 0. The minimum absolute atomic E-state index is 0.00614. The molecule has 0 fully saturated rings. The van der Waals surface area contributed by atoms with E-state index in [-0.39, 0.29) is 22.1 Å². The van der Waals surface area contributed by atoms with E-state index >= 15 is 0 Å². The quantitative estimate of drug-likeness (QED) is 0.635. The van der Waals surface area contributed by atoms with E-state index in [9.17, 15) is 14.9 Å². The van der Waals surface area contributed by atoms with Crippen molar-refractivity contribution in [3.05, 3.63) is 43.9 Å². The van der Waals surface area contributed by atoms with Crippen molar-refractivity contribution in [2.75, 3.05) is 0 Å². The van der Waals surface area contributed by atoms with Gasteiger partial charge in [0.2, 0.25) is 0 Å². The third kappa shape index (κ3) is 1.80. The Hall–Kier alpha value is -2.15. The Balaban J connectivity index is 2.64. The topological polar surface area (TPSA) is 102 Å². The van der Waals surface area contributed by atoms with Crippen LogP contribution in [0.15, 0.2) is 27.5 Å². The monoisotopic (exact) mass is 241 g/mol. The van der Waals surface area contributed by atoms with Gasteiger partial charge in [0, 0.05) is 11.1 Å². The molecule has 0 aliphatic carbocycles. The molecule has 82 valence electrons. The van der Waals surface area contributed by atoms with Crippen molar-refractivity contribution in [2.24, 2.45) is 0 Å². The Morgan fingerprint density at radius 2 is 2.25 bits per heavy atom. The molecule has 0 bridgehead atoms. The van der Waals surface area contributed by atoms with Crippen molar-refractivity contribution in [3.8, 4) is 11.4 Å². The number of nitro benzene ring substituents is 1. The minimum Gasteiger partial charge on any atom is -0.296 e. The highest BCUT2D eigenvalue weighted by Gasteiger charge is 2.18. The maximum absolute atomic E-state index is 10.8. The number of aromatic nitrogens is 2. The zero-order valence-electron chi connectivity index (χ0n) is 7.64. The van der Waals surface area contributed by atoms with Gasteiger partial charge in [0.15, 0.2) is 5.82 Å². The fourth-order valence-electron chi connectivity index (χ4n) is 1.20. The lowest BCUT2D eigenvalue weighted by Crippen LogP contribution is -1.97. The first-order valence-electron chi connectivity index (χ1n) is 4.08. The van der Waals surface area contributed by atoms with Crippen molar-refractivity contribution < 1.29 is 9.45 Å². The number of hydrogen-bond acceptors (Lipinski definition) is 5. The number of nitrogens with zero attached hydrogens (tertiary/aromatic N) is 2. The van der Waals surface area contributed by atoms with E-state index in [4.69, 9.17) is 11.6 Å². The van der Waals surface area contributed by atoms with E-state index in [1.54, 1.807) is 0 Å². The van der Waals surface area contributed by atoms with Gasteiger partial charge >= 0.3 is 5.76 Å². The Bertz CT molecular complexity index is 603. The molecule has 0 saturated heterocycles. The van der Waals surface area contributed by atoms with Crippen molar-refractivity contribution in [3.63, 3.8) is 0 Å². The van der Waals surface area contributed by atoms with Gasteiger partial charge in [-0.25, -0.2) is 4.79 Å². The average Bonchev–Trinajstić information content (AvgIpc) is 2.64. The molecule has 1 heterocycles. The number of halogens is 1. The van der Waals surface area contributed by atoms with Crippen LogP contribution in [0.4, 0.5) is 5.69 Å². The molecule has 7 nitrogen and oxygen atoms in total. The second kappa shape index (κ2) is 3.78. The number of H-pyrrole nitrogens is 1. The summed E-state index contributed by atoms with van der Waals surface area (Å²) in [5.41, 5.74) is -0.114. The number of nitrogens with one attached hydrogen (secondary N) is 1. The second-order valence-electron chi connectivity index (χ2n) is 2.86. The van der Waals surface area contributed by atoms with Gasteiger partial charge in [-0.3, -0.25) is 19.6 Å². The van der Waals surface area contributed by atoms with Crippen molar-refractivity contribution >= 4 is 17.3 Å². The van der Waals surface area contributed by atoms with Crippen molar-refractivity contribution in [1.82, 2.24) is 10.1 Å². The van der Waals surface area contributed by atoms with Crippen LogP contribution in [-0.4, -0.2) is 15.1 Å². The molecule has 0 radical (unpaired) electrons. The van der Waals surface area contributed by atoms with E-state index in [0.717, 1.165) is 0 Å². The highest BCUT2D eigenvalue weighted by atomic mass is 35.5. The Kier molecular flexibility index (Phi) is 2.45. The lowest BCUT2D eigenvalue weighted by atomic mass is 10.2. The molecule has 2 rings (SSSR count). The summed E-state index contributed by atoms with van der Waals surface area (Å²) in [6, 6.07) is 4.01. The third-order valence-corrected chi connectivity index (χ3v) is 2.09. The summed E-state index contributed by atoms with van der Waals surface area (Å²) >= 11 is 5.63. The van der Waals surface area contributed by atoms with E-state index in [0.29, 0.717) is 0 Å². The van der Waals surface area contributed by atoms with Crippen LogP contribution in [0.25, 0.3) is 11.4 Å². The fourth-order valence-corrected chi connectivity index (χ4v) is 1.37. The summed E-state index contributed by atoms with van der Waals surface area (Å²) in [6.07, 6.45) is 0. The fraction of sp³-hybridized carbons (Fsp3) is 0. The number of benzene rings is 1. The lowest BCUT2D eigenvalue weighted by molar-refractivity contribution is -0.384. The standard InChI is InChI=1S/C8H4ClN3O4/c9-4-1-2-5(6(3-4)12(14)15)7-10-8(13)16-11-7/h1-3H,(H,10,11,13). The molecule has 0 atom stereocenters. The van der Waals surface area contributed by atoms with Gasteiger partial charge in [-0.15, -0.1) is 0 Å². The van der Waals surface area contributed by atoms with Crippen LogP contribution in [0, 0.1) is 10.1 Å². The maximum Gasteiger partial charge on any atom is 0.439 e. The van der Waals surface area contributed by atoms with Crippen LogP contribution in [0.2, 0.25) is 5.02 Å². The molecular weight excluding hydrogens is 238 g/mol. The van der Waals surface area contributed by atoms with Crippen LogP contribution in [0.3, 0.4) is 0 Å². The lowest BCUT2D eigenvalue weighted by Gasteiger charge is -1.98. The van der Waals surface area contributed by atoms with Crippen LogP contribution in [0.5, 0.6) is 0 Å². The highest BCUT2D eigenvalue weighted by molar-refractivity contribution is 6.30. The predicted octanol–water partition coefficient (Wildman–Crippen LogP) is 1.59. The van der Waals surface area contributed by atoms with Crippen LogP contribution in [-0.2, 0) is 0 Å². The summed E-state index contributed by atoms with van der Waals surface area (Å²) in [4.78, 5) is 23.1. The van der Waals surface area contributed by atoms with Gasteiger partial charge in [0.25, 0.3) is 5.69 Å². The first kappa shape index (κ1) is 10.4. The molecule has 0 spiro atoms. The maximum atomic E-state index is 10.8. The summed E-state index contributed by atoms with van der Waals surface area (Å²) in [5.74, 6) is -0.785. The largest absolute Gasteiger partial charge is 0.439 e. The van der Waals surface area contributed by atoms with Crippen LogP contribution >= 0.6 is 11.6 Å². The molecule has 0 unspecified atom stereocenters. The predicted molar refractivity (Wildman–Crippen MR) is 54.2 cm³/mol. The molecule has 16 heavy (non-hydrogen) atoms. The molecule has 1 N–H and O–H groups in total. The van der Waals surface area contributed by atoms with Gasteiger partial charge in [-0.2, -0.15) is 0 Å². The molecule has 0 aliphatic rings. The van der Waals surface area contributed by atoms with Gasteiger partial charge in [0.1, 0.15) is 0 Å². The summed E-state index contributed by atoms with van der Waals surface area (Å²) < 4.78 is 4.27. The molecule has 8 heteroatoms. The van der Waals surface area contributed by atoms with E-state index in [1.807, 2.05) is 0 Å². The van der Waals surface area contributed by atoms with Gasteiger partial charge in [-0.1, -0.05) is 16.8 Å². The Morgan fingerprint density at radius 1 is 1.50 bits per heavy atom. The van der Waals surface area contributed by atoms with E-state index < -0.39 is 10.7 Å². The van der Waals surface area contributed by atoms with Gasteiger partial charge < -0.3 is 0 Å². The zero-order valence-corrected chi connectivity index (χ0v) is 8.39. The number of aromatic amines is 1. The van der Waals surface area contributed by atoms with Gasteiger partial charge in [0.05, 0.1) is 10.5 Å². The first-order valence-corrected chi connectivity index (χ1v) is 4.46. The van der Waals surface area contributed by atoms with Gasteiger partial charge in [-0.05, 0) is 12.1 Å². The number of nitro groups is 1. The molecule has 2 aromatic rings. The van der Waals surface area contributed by atoms with E-state index in [2.05, 4.69) is 14.7 Å². The third-order valence-electron chi connectivity index (χ3n) is 1.85. The normalized spacial score (nSPS) is 10.3. The number of rotatable bonds is 2. The smallest absolute Gasteiger partial charge is 0.296 e. The second-order valence-corrected chi connectivity index (χ2v) is 3.30. The number of hydrogen-bond donors (Lipinski definition) is 1. The molecule has 0 saturated carbocycles. The molecule has 1 aromatic carbocycles. The molecule has 0 aliphatic heterocycles. The van der Waals surface area contributed by atoms with Crippen LogP contribution < -0.4 is 5.76 Å². The van der Waals surface area contributed by atoms with Crippen LogP contribution in [0.1, 0.15) is 0 Å². The van der Waals surface area contributed by atoms with Crippen molar-refractivity contribution in [2.45, 2.75) is 0 Å². The molecule has 1 aromatic heterocycles. The zero-order chi connectivity index (χ0) is 11.7. The molecule has 0 amide bonds. The average molecular weight is 242 g/mol. The summed E-state index contributed by atoms with van der Waals surface area (Å²) in [5, 5.41) is 14.3. The van der Waals surface area contributed by atoms with Crippen molar-refractivity contribution in [1.29, 1.82) is 0 Å².